The Bertz CT molecular complexity index is 1060. The third kappa shape index (κ3) is 4.43. The smallest absolute Gasteiger partial charge is 0.243 e. The number of sulfonamides is 1. The second-order valence-corrected chi connectivity index (χ2v) is 10.3. The van der Waals surface area contributed by atoms with Crippen LogP contribution < -0.4 is 0 Å². The van der Waals surface area contributed by atoms with Crippen molar-refractivity contribution in [3.05, 3.63) is 65.7 Å². The molecule has 7 heteroatoms. The van der Waals surface area contributed by atoms with E-state index in [1.807, 2.05) is 23.1 Å². The summed E-state index contributed by atoms with van der Waals surface area (Å²) in [5.41, 5.74) is 1.55. The molecule has 0 unspecified atom stereocenters. The van der Waals surface area contributed by atoms with Gasteiger partial charge in [0.15, 0.2) is 5.78 Å². The number of nitrogens with zero attached hydrogens (tertiary/aromatic N) is 2. The maximum Gasteiger partial charge on any atom is 0.243 e. The fourth-order valence-electron chi connectivity index (χ4n) is 4.65. The van der Waals surface area contributed by atoms with E-state index in [4.69, 9.17) is 0 Å². The third-order valence-corrected chi connectivity index (χ3v) is 8.30. The molecule has 0 N–H and O–H groups in total. The summed E-state index contributed by atoms with van der Waals surface area (Å²) < 4.78 is 27.5. The molecule has 2 heterocycles. The number of rotatable bonds is 5. The van der Waals surface area contributed by atoms with Gasteiger partial charge in [-0.15, -0.1) is 0 Å². The van der Waals surface area contributed by atoms with Crippen LogP contribution in [0.1, 0.15) is 54.6 Å². The first kappa shape index (κ1) is 21.7. The minimum Gasteiger partial charge on any atom is -0.335 e. The maximum atomic E-state index is 13.3. The summed E-state index contributed by atoms with van der Waals surface area (Å²) in [6.45, 7) is 2.80. The third-order valence-electron chi connectivity index (χ3n) is 6.40. The Labute approximate surface area is 183 Å². The van der Waals surface area contributed by atoms with Crippen LogP contribution in [0.15, 0.2) is 59.5 Å². The molecule has 0 aliphatic carbocycles. The van der Waals surface area contributed by atoms with Crippen molar-refractivity contribution in [1.29, 1.82) is 0 Å². The molecule has 0 bridgehead atoms. The summed E-state index contributed by atoms with van der Waals surface area (Å²) in [4.78, 5) is 27.0. The molecule has 2 aliphatic heterocycles. The quantitative estimate of drug-likeness (QED) is 0.665. The molecule has 2 aromatic carbocycles. The van der Waals surface area contributed by atoms with Crippen LogP contribution in [0.2, 0.25) is 0 Å². The molecule has 4 rings (SSSR count). The Morgan fingerprint density at radius 2 is 1.61 bits per heavy atom. The molecule has 2 saturated heterocycles. The van der Waals surface area contributed by atoms with Crippen LogP contribution in [0.4, 0.5) is 0 Å². The molecule has 31 heavy (non-hydrogen) atoms. The standard InChI is InChI=1S/C24H28N2O4S/c1-18(27)21-9-5-10-22(17-21)31(29,30)25-15-12-20(13-16-25)24(28)26-14-6-11-23(26)19-7-3-2-4-8-19/h2-5,7-10,17,20,23H,6,11-16H2,1H3/t23-/m0/s1. The van der Waals surface area contributed by atoms with Crippen LogP contribution in [-0.4, -0.2) is 48.9 Å². The number of hydrogen-bond acceptors (Lipinski definition) is 4. The zero-order chi connectivity index (χ0) is 22.0. The van der Waals surface area contributed by atoms with E-state index in [9.17, 15) is 18.0 Å². The van der Waals surface area contributed by atoms with Crippen molar-refractivity contribution in [2.24, 2.45) is 5.92 Å². The lowest BCUT2D eigenvalue weighted by Gasteiger charge is -2.34. The number of hydrogen-bond donors (Lipinski definition) is 0. The van der Waals surface area contributed by atoms with E-state index >= 15 is 0 Å². The van der Waals surface area contributed by atoms with E-state index in [1.54, 1.807) is 12.1 Å². The molecule has 1 atom stereocenters. The maximum absolute atomic E-state index is 13.3. The predicted molar refractivity (Wildman–Crippen MR) is 118 cm³/mol. The van der Waals surface area contributed by atoms with Crippen molar-refractivity contribution in [2.75, 3.05) is 19.6 Å². The van der Waals surface area contributed by atoms with Gasteiger partial charge in [-0.2, -0.15) is 4.31 Å². The average Bonchev–Trinajstić information content (AvgIpc) is 3.29. The SMILES string of the molecule is CC(=O)c1cccc(S(=O)(=O)N2CCC(C(=O)N3CCC[C@H]3c3ccccc3)CC2)c1. The highest BCUT2D eigenvalue weighted by atomic mass is 32.2. The van der Waals surface area contributed by atoms with Gasteiger partial charge in [0, 0.05) is 31.1 Å². The monoisotopic (exact) mass is 440 g/mol. The van der Waals surface area contributed by atoms with Crippen molar-refractivity contribution in [3.63, 3.8) is 0 Å². The number of likely N-dealkylation sites (tertiary alicyclic amines) is 1. The topological polar surface area (TPSA) is 74.8 Å². The minimum absolute atomic E-state index is 0.116. The van der Waals surface area contributed by atoms with Crippen molar-refractivity contribution in [2.45, 2.75) is 43.5 Å². The van der Waals surface area contributed by atoms with Crippen LogP contribution in [0.5, 0.6) is 0 Å². The number of carbonyl (C=O) groups is 2. The van der Waals surface area contributed by atoms with Crippen molar-refractivity contribution >= 4 is 21.7 Å². The molecule has 0 aromatic heterocycles. The zero-order valence-electron chi connectivity index (χ0n) is 17.7. The molecule has 0 saturated carbocycles. The molecule has 2 aliphatic rings. The fourth-order valence-corrected chi connectivity index (χ4v) is 6.17. The van der Waals surface area contributed by atoms with Crippen LogP contribution in [0, 0.1) is 5.92 Å². The Hall–Kier alpha value is -2.51. The molecule has 0 spiro atoms. The number of ketones is 1. The lowest BCUT2D eigenvalue weighted by molar-refractivity contribution is -0.137. The highest BCUT2D eigenvalue weighted by Gasteiger charge is 2.37. The summed E-state index contributed by atoms with van der Waals surface area (Å²) in [6, 6.07) is 16.4. The summed E-state index contributed by atoms with van der Waals surface area (Å²) in [7, 11) is -3.68. The molecular formula is C24H28N2O4S. The Morgan fingerprint density at radius 3 is 2.29 bits per heavy atom. The summed E-state index contributed by atoms with van der Waals surface area (Å²) in [6.07, 6.45) is 2.99. The summed E-state index contributed by atoms with van der Waals surface area (Å²) in [5.74, 6) is -0.179. The van der Waals surface area contributed by atoms with Crippen LogP contribution in [0.25, 0.3) is 0 Å². The first-order chi connectivity index (χ1) is 14.9. The van der Waals surface area contributed by atoms with Gasteiger partial charge in [-0.05, 0) is 50.3 Å². The number of Topliss-reactive ketones (excluding diaryl/α,β-unsaturated/α-hetero) is 1. The van der Waals surface area contributed by atoms with E-state index in [1.165, 1.54) is 28.9 Å². The van der Waals surface area contributed by atoms with E-state index in [2.05, 4.69) is 12.1 Å². The van der Waals surface area contributed by atoms with E-state index in [0.29, 0.717) is 31.5 Å². The van der Waals surface area contributed by atoms with E-state index in [-0.39, 0.29) is 28.5 Å². The first-order valence-electron chi connectivity index (χ1n) is 10.8. The lowest BCUT2D eigenvalue weighted by Crippen LogP contribution is -2.44. The largest absolute Gasteiger partial charge is 0.335 e. The fraction of sp³-hybridized carbons (Fsp3) is 0.417. The number of benzene rings is 2. The molecule has 164 valence electrons. The molecule has 2 aromatic rings. The molecule has 6 nitrogen and oxygen atoms in total. The predicted octanol–water partition coefficient (Wildman–Crippen LogP) is 3.65. The Morgan fingerprint density at radius 1 is 0.903 bits per heavy atom. The molecule has 1 amide bonds. The number of amides is 1. The highest BCUT2D eigenvalue weighted by molar-refractivity contribution is 7.89. The highest BCUT2D eigenvalue weighted by Crippen LogP contribution is 2.35. The Kier molecular flexibility index (Phi) is 6.25. The van der Waals surface area contributed by atoms with E-state index in [0.717, 1.165) is 19.4 Å². The normalized spacial score (nSPS) is 20.7. The molecule has 2 fully saturated rings. The number of carbonyl (C=O) groups excluding carboxylic acids is 2. The van der Waals surface area contributed by atoms with Gasteiger partial charge in [0.1, 0.15) is 0 Å². The Balaban J connectivity index is 1.43. The van der Waals surface area contributed by atoms with E-state index < -0.39 is 10.0 Å². The second kappa shape index (κ2) is 8.93. The summed E-state index contributed by atoms with van der Waals surface area (Å²) in [5, 5.41) is 0. The van der Waals surface area contributed by atoms with Gasteiger partial charge in [0.2, 0.25) is 15.9 Å². The van der Waals surface area contributed by atoms with Gasteiger partial charge in [0.25, 0.3) is 0 Å². The van der Waals surface area contributed by atoms with Gasteiger partial charge < -0.3 is 4.90 Å². The van der Waals surface area contributed by atoms with Crippen LogP contribution >= 0.6 is 0 Å². The van der Waals surface area contributed by atoms with Gasteiger partial charge in [-0.3, -0.25) is 9.59 Å². The molecule has 0 radical (unpaired) electrons. The minimum atomic E-state index is -3.68. The second-order valence-electron chi connectivity index (χ2n) is 8.36. The van der Waals surface area contributed by atoms with Crippen molar-refractivity contribution in [1.82, 2.24) is 9.21 Å². The van der Waals surface area contributed by atoms with Gasteiger partial charge >= 0.3 is 0 Å². The number of piperidine rings is 1. The van der Waals surface area contributed by atoms with Crippen molar-refractivity contribution < 1.29 is 18.0 Å². The van der Waals surface area contributed by atoms with Gasteiger partial charge in [0.05, 0.1) is 10.9 Å². The summed E-state index contributed by atoms with van der Waals surface area (Å²) >= 11 is 0. The average molecular weight is 441 g/mol. The lowest BCUT2D eigenvalue weighted by atomic mass is 9.95. The van der Waals surface area contributed by atoms with Crippen LogP contribution in [0.3, 0.4) is 0 Å². The zero-order valence-corrected chi connectivity index (χ0v) is 18.6. The molecular weight excluding hydrogens is 412 g/mol. The van der Waals surface area contributed by atoms with Crippen LogP contribution in [-0.2, 0) is 14.8 Å². The van der Waals surface area contributed by atoms with Gasteiger partial charge in [-0.1, -0.05) is 42.5 Å². The van der Waals surface area contributed by atoms with Gasteiger partial charge in [-0.25, -0.2) is 8.42 Å². The first-order valence-corrected chi connectivity index (χ1v) is 12.3. The van der Waals surface area contributed by atoms with Crippen molar-refractivity contribution in [3.8, 4) is 0 Å².